The summed E-state index contributed by atoms with van der Waals surface area (Å²) < 4.78 is 10.4. The summed E-state index contributed by atoms with van der Waals surface area (Å²) in [7, 11) is 0. The number of benzene rings is 1. The van der Waals surface area contributed by atoms with Gasteiger partial charge in [0.2, 0.25) is 0 Å². The second-order valence-electron chi connectivity index (χ2n) is 3.75. The predicted molar refractivity (Wildman–Crippen MR) is 66.6 cm³/mol. The maximum absolute atomic E-state index is 10.8. The molecule has 1 heterocycles. The number of hydrogen-bond donors (Lipinski definition) is 1. The van der Waals surface area contributed by atoms with Crippen molar-refractivity contribution in [3.05, 3.63) is 29.8 Å². The highest BCUT2D eigenvalue weighted by atomic mass is 35.5. The topological polar surface area (TPSA) is 47.6 Å². The second-order valence-corrected chi connectivity index (χ2v) is 3.75. The number of carbonyl (C=O) groups is 1. The number of nitrogens with one attached hydrogen (secondary N) is 1. The van der Waals surface area contributed by atoms with E-state index >= 15 is 0 Å². The van der Waals surface area contributed by atoms with Crippen LogP contribution >= 0.6 is 12.4 Å². The normalized spacial score (nSPS) is 19.2. The van der Waals surface area contributed by atoms with Gasteiger partial charge in [-0.3, -0.25) is 4.79 Å². The van der Waals surface area contributed by atoms with E-state index in [4.69, 9.17) is 9.47 Å². The third kappa shape index (κ3) is 4.00. The Bertz CT molecular complexity index is 378. The molecule has 1 aliphatic rings. The van der Waals surface area contributed by atoms with Crippen molar-refractivity contribution in [1.29, 1.82) is 0 Å². The Morgan fingerprint density at radius 3 is 3.00 bits per heavy atom. The molecule has 17 heavy (non-hydrogen) atoms. The molecule has 0 spiro atoms. The van der Waals surface area contributed by atoms with Crippen LogP contribution in [-0.4, -0.2) is 25.7 Å². The van der Waals surface area contributed by atoms with Crippen LogP contribution in [0.4, 0.5) is 0 Å². The van der Waals surface area contributed by atoms with Crippen molar-refractivity contribution in [3.63, 3.8) is 0 Å². The largest absolute Gasteiger partial charge is 0.427 e. The van der Waals surface area contributed by atoms with Gasteiger partial charge < -0.3 is 14.8 Å². The van der Waals surface area contributed by atoms with E-state index < -0.39 is 0 Å². The average molecular weight is 258 g/mol. The lowest BCUT2D eigenvalue weighted by molar-refractivity contribution is -0.131. The van der Waals surface area contributed by atoms with E-state index in [-0.39, 0.29) is 24.4 Å². The van der Waals surface area contributed by atoms with Crippen molar-refractivity contribution in [2.24, 2.45) is 0 Å². The number of carbonyl (C=O) groups excluding carboxylic acids is 1. The van der Waals surface area contributed by atoms with Crippen molar-refractivity contribution in [2.45, 2.75) is 13.0 Å². The molecule has 1 aliphatic heterocycles. The third-order valence-corrected chi connectivity index (χ3v) is 2.44. The summed E-state index contributed by atoms with van der Waals surface area (Å²) in [5, 5.41) is 3.35. The molecule has 1 N–H and O–H groups in total. The lowest BCUT2D eigenvalue weighted by atomic mass is 10.1. The summed E-state index contributed by atoms with van der Waals surface area (Å²) in [5.74, 6) is 0.280. The fraction of sp³-hybridized carbons (Fsp3) is 0.417. The van der Waals surface area contributed by atoms with Crippen molar-refractivity contribution in [3.8, 4) is 5.75 Å². The molecule has 0 aromatic heterocycles. The Morgan fingerprint density at radius 2 is 2.35 bits per heavy atom. The molecule has 0 amide bonds. The van der Waals surface area contributed by atoms with E-state index in [1.54, 1.807) is 6.07 Å². The number of ether oxygens (including phenoxy) is 2. The summed E-state index contributed by atoms with van der Waals surface area (Å²) in [4.78, 5) is 10.8. The monoisotopic (exact) mass is 257 g/mol. The quantitative estimate of drug-likeness (QED) is 0.647. The van der Waals surface area contributed by atoms with Crippen LogP contribution in [0, 0.1) is 0 Å². The summed E-state index contributed by atoms with van der Waals surface area (Å²) in [5.41, 5.74) is 1.08. The lowest BCUT2D eigenvalue weighted by Gasteiger charge is -2.24. The molecular formula is C12H16ClNO3. The third-order valence-electron chi connectivity index (χ3n) is 2.44. The van der Waals surface area contributed by atoms with Crippen LogP contribution < -0.4 is 10.1 Å². The molecule has 94 valence electrons. The number of esters is 1. The van der Waals surface area contributed by atoms with Crippen molar-refractivity contribution in [1.82, 2.24) is 5.32 Å². The first-order valence-electron chi connectivity index (χ1n) is 5.35. The zero-order valence-electron chi connectivity index (χ0n) is 9.64. The average Bonchev–Trinajstić information content (AvgIpc) is 2.30. The molecule has 1 fully saturated rings. The van der Waals surface area contributed by atoms with Gasteiger partial charge in [0.05, 0.1) is 19.3 Å². The van der Waals surface area contributed by atoms with Crippen LogP contribution in [-0.2, 0) is 9.53 Å². The minimum atomic E-state index is -0.301. The Kier molecular flexibility index (Phi) is 5.41. The first kappa shape index (κ1) is 14.0. The second kappa shape index (κ2) is 6.59. The summed E-state index contributed by atoms with van der Waals surface area (Å²) in [6.45, 7) is 3.65. The minimum Gasteiger partial charge on any atom is -0.427 e. The van der Waals surface area contributed by atoms with Gasteiger partial charge in [0.1, 0.15) is 5.75 Å². The number of morpholine rings is 1. The summed E-state index contributed by atoms with van der Waals surface area (Å²) in [6.07, 6.45) is 0. The number of halogens is 1. The molecule has 1 aromatic rings. The molecule has 4 nitrogen and oxygen atoms in total. The van der Waals surface area contributed by atoms with Gasteiger partial charge in [-0.25, -0.2) is 0 Å². The first-order valence-corrected chi connectivity index (χ1v) is 5.35. The van der Waals surface area contributed by atoms with Gasteiger partial charge in [-0.1, -0.05) is 12.1 Å². The van der Waals surface area contributed by atoms with Gasteiger partial charge in [-0.05, 0) is 17.7 Å². The molecule has 1 atom stereocenters. The Labute approximate surface area is 107 Å². The van der Waals surface area contributed by atoms with Gasteiger partial charge in [0.15, 0.2) is 0 Å². The van der Waals surface area contributed by atoms with Crippen LogP contribution in [0.15, 0.2) is 24.3 Å². The molecule has 0 bridgehead atoms. The summed E-state index contributed by atoms with van der Waals surface area (Å²) in [6, 6.07) is 7.70. The molecular weight excluding hydrogens is 242 g/mol. The van der Waals surface area contributed by atoms with Gasteiger partial charge >= 0.3 is 5.97 Å². The van der Waals surface area contributed by atoms with Gasteiger partial charge in [-0.15, -0.1) is 12.4 Å². The zero-order valence-corrected chi connectivity index (χ0v) is 10.5. The molecule has 0 saturated carbocycles. The smallest absolute Gasteiger partial charge is 0.308 e. The van der Waals surface area contributed by atoms with Gasteiger partial charge in [-0.2, -0.15) is 0 Å². The van der Waals surface area contributed by atoms with Gasteiger partial charge in [0, 0.05) is 13.5 Å². The lowest BCUT2D eigenvalue weighted by Crippen LogP contribution is -2.34. The molecule has 0 unspecified atom stereocenters. The molecule has 0 aliphatic carbocycles. The molecule has 5 heteroatoms. The molecule has 0 radical (unpaired) electrons. The number of hydrogen-bond acceptors (Lipinski definition) is 4. The Balaban J connectivity index is 0.00000144. The van der Waals surface area contributed by atoms with Crippen LogP contribution in [0.1, 0.15) is 18.5 Å². The van der Waals surface area contributed by atoms with E-state index in [9.17, 15) is 4.79 Å². The predicted octanol–water partition coefficient (Wildman–Crippen LogP) is 1.69. The SMILES string of the molecule is CC(=O)Oc1cccc([C@@H]2COCCN2)c1.Cl. The highest BCUT2D eigenvalue weighted by molar-refractivity contribution is 5.85. The van der Waals surface area contributed by atoms with Gasteiger partial charge in [0.25, 0.3) is 0 Å². The first-order chi connectivity index (χ1) is 7.75. The van der Waals surface area contributed by atoms with Crippen molar-refractivity contribution in [2.75, 3.05) is 19.8 Å². The maximum atomic E-state index is 10.8. The maximum Gasteiger partial charge on any atom is 0.308 e. The van der Waals surface area contributed by atoms with E-state index in [2.05, 4.69) is 5.32 Å². The molecule has 1 aromatic carbocycles. The van der Waals surface area contributed by atoms with Crippen LogP contribution in [0.25, 0.3) is 0 Å². The molecule has 1 saturated heterocycles. The standard InChI is InChI=1S/C12H15NO3.ClH/c1-9(14)16-11-4-2-3-10(7-11)12-8-15-6-5-13-12;/h2-4,7,12-13H,5-6,8H2,1H3;1H/t12-;/m0./s1. The van der Waals surface area contributed by atoms with Crippen molar-refractivity contribution < 1.29 is 14.3 Å². The van der Waals surface area contributed by atoms with Crippen LogP contribution in [0.5, 0.6) is 5.75 Å². The van der Waals surface area contributed by atoms with Crippen molar-refractivity contribution >= 4 is 18.4 Å². The highest BCUT2D eigenvalue weighted by Crippen LogP contribution is 2.21. The Hall–Kier alpha value is -1.10. The zero-order chi connectivity index (χ0) is 11.4. The van der Waals surface area contributed by atoms with E-state index in [1.807, 2.05) is 18.2 Å². The Morgan fingerprint density at radius 1 is 1.53 bits per heavy atom. The fourth-order valence-electron chi connectivity index (χ4n) is 1.74. The van der Waals surface area contributed by atoms with E-state index in [1.165, 1.54) is 6.92 Å². The summed E-state index contributed by atoms with van der Waals surface area (Å²) >= 11 is 0. The highest BCUT2D eigenvalue weighted by Gasteiger charge is 2.15. The van der Waals surface area contributed by atoms with E-state index in [0.717, 1.165) is 18.7 Å². The van der Waals surface area contributed by atoms with E-state index in [0.29, 0.717) is 12.4 Å². The van der Waals surface area contributed by atoms with Crippen LogP contribution in [0.2, 0.25) is 0 Å². The minimum absolute atomic E-state index is 0. The van der Waals surface area contributed by atoms with Crippen LogP contribution in [0.3, 0.4) is 0 Å². The number of rotatable bonds is 2. The fourth-order valence-corrected chi connectivity index (χ4v) is 1.74. The molecule has 2 rings (SSSR count).